The summed E-state index contributed by atoms with van der Waals surface area (Å²) in [4.78, 5) is 25.4. The second-order valence-electron chi connectivity index (χ2n) is 5.73. The fourth-order valence-corrected chi connectivity index (χ4v) is 3.08. The smallest absolute Gasteiger partial charge is 0.283 e. The molecule has 0 aliphatic rings. The Kier molecular flexibility index (Phi) is 5.62. The highest BCUT2D eigenvalue weighted by Gasteiger charge is 2.19. The van der Waals surface area contributed by atoms with Gasteiger partial charge in [0.05, 0.1) is 9.82 Å². The average molecular weight is 344 g/mol. The molecule has 0 atom stereocenters. The number of thioether (sulfide) groups is 1. The molecule has 0 spiro atoms. The molecule has 1 amide bonds. The number of rotatable bonds is 5. The second-order valence-corrected chi connectivity index (χ2v) is 6.58. The summed E-state index contributed by atoms with van der Waals surface area (Å²) in [5.74, 6) is -0.231. The Labute approximate surface area is 145 Å². The quantitative estimate of drug-likeness (QED) is 0.463. The zero-order valence-corrected chi connectivity index (χ0v) is 15.0. The number of amides is 1. The molecule has 0 saturated heterocycles. The summed E-state index contributed by atoms with van der Waals surface area (Å²) in [5.41, 5.74) is 3.65. The van der Waals surface area contributed by atoms with Gasteiger partial charge in [0, 0.05) is 25.2 Å². The highest BCUT2D eigenvalue weighted by atomic mass is 32.2. The minimum Gasteiger partial charge on any atom is -0.337 e. The molecule has 0 bridgehead atoms. The van der Waals surface area contributed by atoms with Gasteiger partial charge in [0.1, 0.15) is 0 Å². The first-order chi connectivity index (χ1) is 11.3. The Morgan fingerprint density at radius 2 is 1.92 bits per heavy atom. The fraction of sp³-hybridized carbons (Fsp3) is 0.278. The molecule has 2 aromatic carbocycles. The SMILES string of the molecule is CSc1ccc(C(=O)N(C)Cc2ccc(C)cc2C)cc1[N+](=O)[O-]. The second kappa shape index (κ2) is 7.49. The first kappa shape index (κ1) is 18.0. The van der Waals surface area contributed by atoms with E-state index in [1.807, 2.05) is 26.0 Å². The van der Waals surface area contributed by atoms with Gasteiger partial charge in [0.2, 0.25) is 0 Å². The molecule has 0 radical (unpaired) electrons. The van der Waals surface area contributed by atoms with E-state index < -0.39 is 4.92 Å². The standard InChI is InChI=1S/C18H20N2O3S/c1-12-5-6-15(13(2)9-12)11-19(3)18(21)14-7-8-17(24-4)16(10-14)20(22)23/h5-10H,11H2,1-4H3. The lowest BCUT2D eigenvalue weighted by Crippen LogP contribution is -2.26. The summed E-state index contributed by atoms with van der Waals surface area (Å²) in [6, 6.07) is 10.7. The summed E-state index contributed by atoms with van der Waals surface area (Å²) in [6.07, 6.45) is 1.77. The third kappa shape index (κ3) is 3.94. The van der Waals surface area contributed by atoms with E-state index in [2.05, 4.69) is 6.07 Å². The van der Waals surface area contributed by atoms with Gasteiger partial charge in [-0.1, -0.05) is 23.8 Å². The van der Waals surface area contributed by atoms with Crippen LogP contribution in [0, 0.1) is 24.0 Å². The topological polar surface area (TPSA) is 63.5 Å². The molecule has 0 aliphatic carbocycles. The van der Waals surface area contributed by atoms with E-state index in [0.29, 0.717) is 17.0 Å². The number of nitro groups is 1. The first-order valence-electron chi connectivity index (χ1n) is 7.47. The van der Waals surface area contributed by atoms with E-state index in [9.17, 15) is 14.9 Å². The van der Waals surface area contributed by atoms with Crippen LogP contribution in [0.2, 0.25) is 0 Å². The summed E-state index contributed by atoms with van der Waals surface area (Å²) < 4.78 is 0. The minimum absolute atomic E-state index is 0.0340. The Hall–Kier alpha value is -2.34. The van der Waals surface area contributed by atoms with Crippen molar-refractivity contribution < 1.29 is 9.72 Å². The number of carbonyl (C=O) groups is 1. The molecule has 0 aromatic heterocycles. The van der Waals surface area contributed by atoms with Crippen molar-refractivity contribution in [3.8, 4) is 0 Å². The largest absolute Gasteiger partial charge is 0.337 e. The maximum absolute atomic E-state index is 12.6. The summed E-state index contributed by atoms with van der Waals surface area (Å²) in [5, 5.41) is 11.2. The van der Waals surface area contributed by atoms with Gasteiger partial charge in [-0.3, -0.25) is 14.9 Å². The zero-order valence-electron chi connectivity index (χ0n) is 14.2. The van der Waals surface area contributed by atoms with Crippen LogP contribution in [0.15, 0.2) is 41.3 Å². The van der Waals surface area contributed by atoms with Crippen molar-refractivity contribution in [3.63, 3.8) is 0 Å². The fourth-order valence-electron chi connectivity index (χ4n) is 2.54. The van der Waals surface area contributed by atoms with Crippen LogP contribution in [0.3, 0.4) is 0 Å². The average Bonchev–Trinajstić information content (AvgIpc) is 2.55. The van der Waals surface area contributed by atoms with Crippen molar-refractivity contribution >= 4 is 23.4 Å². The third-order valence-corrected chi connectivity index (χ3v) is 4.66. The van der Waals surface area contributed by atoms with Crippen molar-refractivity contribution in [2.45, 2.75) is 25.3 Å². The predicted molar refractivity (Wildman–Crippen MR) is 96.6 cm³/mol. The highest BCUT2D eigenvalue weighted by Crippen LogP contribution is 2.28. The molecule has 0 fully saturated rings. The normalized spacial score (nSPS) is 10.5. The Morgan fingerprint density at radius 3 is 2.50 bits per heavy atom. The third-order valence-electron chi connectivity index (χ3n) is 3.87. The van der Waals surface area contributed by atoms with Crippen LogP contribution in [0.25, 0.3) is 0 Å². The number of benzene rings is 2. The van der Waals surface area contributed by atoms with E-state index in [-0.39, 0.29) is 11.6 Å². The van der Waals surface area contributed by atoms with E-state index in [1.54, 1.807) is 30.3 Å². The van der Waals surface area contributed by atoms with Gasteiger partial charge in [-0.05, 0) is 43.4 Å². The maximum atomic E-state index is 12.6. The van der Waals surface area contributed by atoms with Gasteiger partial charge < -0.3 is 4.90 Å². The lowest BCUT2D eigenvalue weighted by molar-refractivity contribution is -0.387. The molecule has 0 saturated carbocycles. The molecule has 0 heterocycles. The minimum atomic E-state index is -0.452. The molecule has 5 nitrogen and oxygen atoms in total. The van der Waals surface area contributed by atoms with Crippen LogP contribution in [-0.2, 0) is 6.54 Å². The molecule has 0 unspecified atom stereocenters. The van der Waals surface area contributed by atoms with Crippen molar-refractivity contribution in [1.29, 1.82) is 0 Å². The number of nitro benzene ring substituents is 1. The first-order valence-corrected chi connectivity index (χ1v) is 8.70. The zero-order chi connectivity index (χ0) is 17.9. The van der Waals surface area contributed by atoms with Gasteiger partial charge in [-0.25, -0.2) is 0 Å². The monoisotopic (exact) mass is 344 g/mol. The van der Waals surface area contributed by atoms with E-state index in [1.165, 1.54) is 23.4 Å². The van der Waals surface area contributed by atoms with Crippen molar-refractivity contribution in [1.82, 2.24) is 4.90 Å². The van der Waals surface area contributed by atoms with Crippen LogP contribution >= 0.6 is 11.8 Å². The number of nitrogens with zero attached hydrogens (tertiary/aromatic N) is 2. The highest BCUT2D eigenvalue weighted by molar-refractivity contribution is 7.98. The lowest BCUT2D eigenvalue weighted by Gasteiger charge is -2.19. The molecule has 6 heteroatoms. The molecular weight excluding hydrogens is 324 g/mol. The predicted octanol–water partition coefficient (Wildman–Crippen LogP) is 4.21. The Morgan fingerprint density at radius 1 is 1.21 bits per heavy atom. The van der Waals surface area contributed by atoms with Gasteiger partial charge in [-0.15, -0.1) is 11.8 Å². The van der Waals surface area contributed by atoms with Gasteiger partial charge in [0.25, 0.3) is 11.6 Å². The molecule has 0 aliphatic heterocycles. The lowest BCUT2D eigenvalue weighted by atomic mass is 10.1. The van der Waals surface area contributed by atoms with Crippen molar-refractivity contribution in [2.24, 2.45) is 0 Å². The molecule has 2 rings (SSSR count). The van der Waals surface area contributed by atoms with Crippen LogP contribution in [0.1, 0.15) is 27.0 Å². The summed E-state index contributed by atoms with van der Waals surface area (Å²) in [6.45, 7) is 4.50. The number of hydrogen-bond donors (Lipinski definition) is 0. The van der Waals surface area contributed by atoms with Crippen LogP contribution in [-0.4, -0.2) is 29.0 Å². The van der Waals surface area contributed by atoms with Crippen molar-refractivity contribution in [3.05, 3.63) is 68.8 Å². The number of aryl methyl sites for hydroxylation is 2. The van der Waals surface area contributed by atoms with Gasteiger partial charge >= 0.3 is 0 Å². The molecule has 126 valence electrons. The Balaban J connectivity index is 2.24. The van der Waals surface area contributed by atoms with Gasteiger partial charge in [0.15, 0.2) is 0 Å². The number of carbonyl (C=O) groups excluding carboxylic acids is 1. The summed E-state index contributed by atoms with van der Waals surface area (Å²) >= 11 is 1.29. The van der Waals surface area contributed by atoms with Gasteiger partial charge in [-0.2, -0.15) is 0 Å². The molecule has 0 N–H and O–H groups in total. The van der Waals surface area contributed by atoms with Crippen LogP contribution in [0.4, 0.5) is 5.69 Å². The summed E-state index contributed by atoms with van der Waals surface area (Å²) in [7, 11) is 1.70. The van der Waals surface area contributed by atoms with Crippen molar-refractivity contribution in [2.75, 3.05) is 13.3 Å². The van der Waals surface area contributed by atoms with E-state index in [0.717, 1.165) is 11.1 Å². The van der Waals surface area contributed by atoms with E-state index >= 15 is 0 Å². The Bertz CT molecular complexity index is 790. The number of hydrogen-bond acceptors (Lipinski definition) is 4. The molecular formula is C18H20N2O3S. The van der Waals surface area contributed by atoms with Crippen LogP contribution in [0.5, 0.6) is 0 Å². The van der Waals surface area contributed by atoms with E-state index in [4.69, 9.17) is 0 Å². The molecule has 24 heavy (non-hydrogen) atoms. The maximum Gasteiger partial charge on any atom is 0.283 e. The van der Waals surface area contributed by atoms with Crippen LogP contribution < -0.4 is 0 Å². The molecule has 2 aromatic rings.